The fraction of sp³-hybridized carbons (Fsp3) is 0.400. The summed E-state index contributed by atoms with van der Waals surface area (Å²) in [7, 11) is 0. The van der Waals surface area contributed by atoms with E-state index < -0.39 is 41.3 Å². The van der Waals surface area contributed by atoms with Gasteiger partial charge in [0.25, 0.3) is 5.91 Å². The zero-order chi connectivity index (χ0) is 24.6. The van der Waals surface area contributed by atoms with E-state index in [1.807, 2.05) is 6.07 Å². The Kier molecular flexibility index (Phi) is 8.59. The largest absolute Gasteiger partial charge is 0.480 e. The zero-order valence-corrected chi connectivity index (χ0v) is 19.4. The predicted octanol–water partition coefficient (Wildman–Crippen LogP) is 2.69. The number of aliphatic carboxylic acids is 1. The summed E-state index contributed by atoms with van der Waals surface area (Å²) in [5.41, 5.74) is -0.949. The maximum Gasteiger partial charge on any atom is 0.407 e. The molecule has 0 spiro atoms. The number of alkyl carbamates (subject to hydrolysis) is 1. The van der Waals surface area contributed by atoms with Gasteiger partial charge in [-0.3, -0.25) is 4.79 Å². The fourth-order valence-corrected chi connectivity index (χ4v) is 3.27. The number of benzene rings is 2. The van der Waals surface area contributed by atoms with Crippen LogP contribution in [-0.2, 0) is 27.2 Å². The van der Waals surface area contributed by atoms with Gasteiger partial charge in [-0.1, -0.05) is 60.7 Å². The van der Waals surface area contributed by atoms with Gasteiger partial charge in [0.1, 0.15) is 11.1 Å². The van der Waals surface area contributed by atoms with Gasteiger partial charge in [-0.05, 0) is 45.2 Å². The van der Waals surface area contributed by atoms with Gasteiger partial charge in [-0.15, -0.1) is 0 Å². The molecular formula is C25H32N2O6. The van der Waals surface area contributed by atoms with E-state index in [4.69, 9.17) is 4.74 Å². The monoisotopic (exact) mass is 456 g/mol. The van der Waals surface area contributed by atoms with Gasteiger partial charge in [0.05, 0.1) is 6.04 Å². The molecule has 0 radical (unpaired) electrons. The van der Waals surface area contributed by atoms with E-state index >= 15 is 0 Å². The predicted molar refractivity (Wildman–Crippen MR) is 124 cm³/mol. The molecule has 0 saturated carbocycles. The quantitative estimate of drug-likeness (QED) is 0.460. The molecule has 3 atom stereocenters. The first-order valence-electron chi connectivity index (χ1n) is 10.7. The summed E-state index contributed by atoms with van der Waals surface area (Å²) in [6.45, 7) is 6.47. The number of carboxylic acids is 1. The average Bonchev–Trinajstić information content (AvgIpc) is 2.72. The second-order valence-electron chi connectivity index (χ2n) is 9.18. The Morgan fingerprint density at radius 2 is 1.42 bits per heavy atom. The van der Waals surface area contributed by atoms with Crippen molar-refractivity contribution >= 4 is 18.0 Å². The van der Waals surface area contributed by atoms with Crippen LogP contribution < -0.4 is 10.6 Å². The molecular weight excluding hydrogens is 424 g/mol. The SMILES string of the molecule is CC(C)(C)OC(=O)N[C@H](Cc1ccccc1)[C@H](O)C(=O)NC(C)(Cc1ccccc1)C(=O)O. The van der Waals surface area contributed by atoms with E-state index in [1.165, 1.54) is 6.92 Å². The third-order valence-corrected chi connectivity index (χ3v) is 4.92. The standard InChI is InChI=1S/C25H32N2O6/c1-24(2,3)33-23(32)26-19(15-17-11-7-5-8-12-17)20(28)21(29)27-25(4,22(30)31)16-18-13-9-6-10-14-18/h5-14,19-20,28H,15-16H2,1-4H3,(H,26,32)(H,27,29)(H,30,31)/t19-,20+,25?/m1/s1. The van der Waals surface area contributed by atoms with Crippen LogP contribution in [0.3, 0.4) is 0 Å². The first kappa shape index (κ1) is 25.9. The molecule has 2 aromatic carbocycles. The van der Waals surface area contributed by atoms with Crippen LogP contribution in [-0.4, -0.2) is 51.5 Å². The highest BCUT2D eigenvalue weighted by atomic mass is 16.6. The van der Waals surface area contributed by atoms with Crippen LogP contribution >= 0.6 is 0 Å². The Labute approximate surface area is 194 Å². The van der Waals surface area contributed by atoms with Crippen molar-refractivity contribution in [1.82, 2.24) is 10.6 Å². The number of ether oxygens (including phenoxy) is 1. The van der Waals surface area contributed by atoms with Gasteiger partial charge in [0, 0.05) is 6.42 Å². The molecule has 0 aliphatic rings. The smallest absolute Gasteiger partial charge is 0.407 e. The van der Waals surface area contributed by atoms with Crippen LogP contribution in [0.1, 0.15) is 38.8 Å². The number of amides is 2. The fourth-order valence-electron chi connectivity index (χ4n) is 3.27. The lowest BCUT2D eigenvalue weighted by Crippen LogP contribution is -2.60. The molecule has 33 heavy (non-hydrogen) atoms. The van der Waals surface area contributed by atoms with Gasteiger partial charge in [-0.2, -0.15) is 0 Å². The molecule has 0 bridgehead atoms. The van der Waals surface area contributed by atoms with Crippen molar-refractivity contribution in [2.45, 2.75) is 63.8 Å². The lowest BCUT2D eigenvalue weighted by Gasteiger charge is -2.30. The number of rotatable bonds is 9. The number of aliphatic hydroxyl groups is 1. The zero-order valence-electron chi connectivity index (χ0n) is 19.4. The maximum atomic E-state index is 12.9. The first-order valence-corrected chi connectivity index (χ1v) is 10.7. The highest BCUT2D eigenvalue weighted by molar-refractivity contribution is 5.89. The van der Waals surface area contributed by atoms with Crippen LogP contribution in [0.15, 0.2) is 60.7 Å². The molecule has 0 saturated heterocycles. The van der Waals surface area contributed by atoms with Crippen LogP contribution in [0.4, 0.5) is 4.79 Å². The molecule has 0 aromatic heterocycles. The summed E-state index contributed by atoms with van der Waals surface area (Å²) in [5.74, 6) is -2.15. The molecule has 2 amide bonds. The summed E-state index contributed by atoms with van der Waals surface area (Å²) in [5, 5.41) is 25.6. The molecule has 0 fully saturated rings. The molecule has 0 aliphatic carbocycles. The van der Waals surface area contributed by atoms with E-state index in [0.29, 0.717) is 5.56 Å². The van der Waals surface area contributed by atoms with E-state index in [0.717, 1.165) is 5.56 Å². The van der Waals surface area contributed by atoms with Gasteiger partial charge in [0.15, 0.2) is 6.10 Å². The van der Waals surface area contributed by atoms with E-state index in [2.05, 4.69) is 10.6 Å². The van der Waals surface area contributed by atoms with Crippen LogP contribution in [0.25, 0.3) is 0 Å². The van der Waals surface area contributed by atoms with E-state index in [-0.39, 0.29) is 12.8 Å². The van der Waals surface area contributed by atoms with Crippen LogP contribution in [0.2, 0.25) is 0 Å². The van der Waals surface area contributed by atoms with Gasteiger partial charge < -0.3 is 25.6 Å². The van der Waals surface area contributed by atoms with Gasteiger partial charge in [-0.25, -0.2) is 9.59 Å². The summed E-state index contributed by atoms with van der Waals surface area (Å²) in [4.78, 5) is 37.3. The van der Waals surface area contributed by atoms with Gasteiger partial charge >= 0.3 is 12.1 Å². The summed E-state index contributed by atoms with van der Waals surface area (Å²) >= 11 is 0. The normalized spacial score (nSPS) is 14.9. The van der Waals surface area contributed by atoms with Crippen molar-refractivity contribution in [3.8, 4) is 0 Å². The number of nitrogens with one attached hydrogen (secondary N) is 2. The number of hydrogen-bond acceptors (Lipinski definition) is 5. The maximum absolute atomic E-state index is 12.9. The Hall–Kier alpha value is -3.39. The van der Waals surface area contributed by atoms with Crippen molar-refractivity contribution < 1.29 is 29.3 Å². The number of carboxylic acid groups (broad SMARTS) is 1. The second kappa shape index (κ2) is 11.0. The minimum absolute atomic E-state index is 0.0183. The average molecular weight is 457 g/mol. The molecule has 0 aliphatic heterocycles. The summed E-state index contributed by atoms with van der Waals surface area (Å²) < 4.78 is 5.27. The van der Waals surface area contributed by atoms with Gasteiger partial charge in [0.2, 0.25) is 0 Å². The van der Waals surface area contributed by atoms with Crippen molar-refractivity contribution in [2.75, 3.05) is 0 Å². The minimum Gasteiger partial charge on any atom is -0.480 e. The third kappa shape index (κ3) is 8.23. The Balaban J connectivity index is 2.21. The molecule has 4 N–H and O–H groups in total. The molecule has 8 nitrogen and oxygen atoms in total. The summed E-state index contributed by atoms with van der Waals surface area (Å²) in [6.07, 6.45) is -2.35. The van der Waals surface area contributed by atoms with E-state index in [9.17, 15) is 24.6 Å². The summed E-state index contributed by atoms with van der Waals surface area (Å²) in [6, 6.07) is 16.8. The Bertz CT molecular complexity index is 942. The first-order chi connectivity index (χ1) is 15.4. The minimum atomic E-state index is -1.72. The number of aliphatic hydroxyl groups excluding tert-OH is 1. The van der Waals surface area contributed by atoms with E-state index in [1.54, 1.807) is 75.4 Å². The molecule has 1 unspecified atom stereocenters. The molecule has 8 heteroatoms. The number of hydrogen-bond donors (Lipinski definition) is 4. The molecule has 0 heterocycles. The lowest BCUT2D eigenvalue weighted by atomic mass is 9.91. The van der Waals surface area contributed by atoms with Crippen molar-refractivity contribution in [2.24, 2.45) is 0 Å². The Morgan fingerprint density at radius 3 is 1.91 bits per heavy atom. The Morgan fingerprint density at radius 1 is 0.909 bits per heavy atom. The van der Waals surface area contributed by atoms with Crippen molar-refractivity contribution in [3.63, 3.8) is 0 Å². The lowest BCUT2D eigenvalue weighted by molar-refractivity contribution is -0.148. The molecule has 2 rings (SSSR count). The molecule has 2 aromatic rings. The van der Waals surface area contributed by atoms with Crippen molar-refractivity contribution in [3.05, 3.63) is 71.8 Å². The number of carbonyl (C=O) groups excluding carboxylic acids is 2. The molecule has 178 valence electrons. The topological polar surface area (TPSA) is 125 Å². The number of carbonyl (C=O) groups is 3. The highest BCUT2D eigenvalue weighted by Crippen LogP contribution is 2.16. The van der Waals surface area contributed by atoms with Crippen molar-refractivity contribution in [1.29, 1.82) is 0 Å². The second-order valence-corrected chi connectivity index (χ2v) is 9.18. The highest BCUT2D eigenvalue weighted by Gasteiger charge is 2.39. The van der Waals surface area contributed by atoms with Crippen LogP contribution in [0.5, 0.6) is 0 Å². The third-order valence-electron chi connectivity index (χ3n) is 4.92. The van der Waals surface area contributed by atoms with Crippen LogP contribution in [0, 0.1) is 0 Å².